The standard InChI is InChI=1S/C24H32N2O4/c1-29-19-13-12-17(16-20(19)30-2)21-22(25-14-8-9-15-25)24(28)26(23(21)27)18-10-6-4-3-5-7-11-18/h12-13,16,18H,3-11,14-15H2,1-2H3. The Morgan fingerprint density at radius 1 is 0.800 bits per heavy atom. The highest BCUT2D eigenvalue weighted by Gasteiger charge is 2.45. The number of amides is 2. The first kappa shape index (κ1) is 20.8. The normalized spacial score (nSPS) is 21.3. The van der Waals surface area contributed by atoms with E-state index in [0.717, 1.165) is 57.2 Å². The zero-order valence-corrected chi connectivity index (χ0v) is 18.1. The minimum atomic E-state index is -0.153. The van der Waals surface area contributed by atoms with Crippen LogP contribution in [-0.2, 0) is 9.59 Å². The van der Waals surface area contributed by atoms with Crippen LogP contribution in [0.25, 0.3) is 5.57 Å². The summed E-state index contributed by atoms with van der Waals surface area (Å²) in [5.41, 5.74) is 1.82. The number of ether oxygens (including phenoxy) is 2. The van der Waals surface area contributed by atoms with E-state index in [2.05, 4.69) is 4.90 Å². The summed E-state index contributed by atoms with van der Waals surface area (Å²) >= 11 is 0. The molecule has 1 aromatic rings. The Morgan fingerprint density at radius 3 is 2.07 bits per heavy atom. The van der Waals surface area contributed by atoms with Gasteiger partial charge in [-0.3, -0.25) is 14.5 Å². The van der Waals surface area contributed by atoms with Crippen molar-refractivity contribution in [1.29, 1.82) is 0 Å². The SMILES string of the molecule is COc1ccc(C2=C(N3CCCC3)C(=O)N(C3CCCCCCC3)C2=O)cc1OC. The van der Waals surface area contributed by atoms with Crippen LogP contribution in [0, 0.1) is 0 Å². The van der Waals surface area contributed by atoms with E-state index in [9.17, 15) is 9.59 Å². The first-order valence-electron chi connectivity index (χ1n) is 11.2. The molecule has 0 aromatic heterocycles. The van der Waals surface area contributed by atoms with Gasteiger partial charge in [0.15, 0.2) is 11.5 Å². The Hall–Kier alpha value is -2.50. The predicted octanol–water partition coefficient (Wildman–Crippen LogP) is 3.99. The van der Waals surface area contributed by atoms with Crippen LogP contribution >= 0.6 is 0 Å². The van der Waals surface area contributed by atoms with Crippen LogP contribution in [0.2, 0.25) is 0 Å². The summed E-state index contributed by atoms with van der Waals surface area (Å²) < 4.78 is 10.8. The number of likely N-dealkylation sites (tertiary alicyclic amines) is 1. The lowest BCUT2D eigenvalue weighted by molar-refractivity contribution is -0.140. The zero-order chi connectivity index (χ0) is 21.1. The maximum atomic E-state index is 13.7. The van der Waals surface area contributed by atoms with Crippen LogP contribution in [0.15, 0.2) is 23.9 Å². The van der Waals surface area contributed by atoms with Crippen LogP contribution in [0.1, 0.15) is 63.4 Å². The molecule has 1 saturated carbocycles. The molecule has 2 amide bonds. The summed E-state index contributed by atoms with van der Waals surface area (Å²) in [6, 6.07) is 5.48. The molecule has 6 heteroatoms. The van der Waals surface area contributed by atoms with Gasteiger partial charge in [0, 0.05) is 19.1 Å². The van der Waals surface area contributed by atoms with Gasteiger partial charge in [-0.05, 0) is 43.4 Å². The quantitative estimate of drug-likeness (QED) is 0.685. The van der Waals surface area contributed by atoms with Gasteiger partial charge in [0.05, 0.1) is 19.8 Å². The Morgan fingerprint density at radius 2 is 1.43 bits per heavy atom. The van der Waals surface area contributed by atoms with Crippen molar-refractivity contribution in [2.45, 2.75) is 63.8 Å². The van der Waals surface area contributed by atoms with E-state index in [1.807, 2.05) is 12.1 Å². The molecule has 6 nitrogen and oxygen atoms in total. The third-order valence-corrected chi connectivity index (χ3v) is 6.63. The number of carbonyl (C=O) groups is 2. The highest BCUT2D eigenvalue weighted by Crippen LogP contribution is 2.39. The van der Waals surface area contributed by atoms with Gasteiger partial charge >= 0.3 is 0 Å². The highest BCUT2D eigenvalue weighted by atomic mass is 16.5. The van der Waals surface area contributed by atoms with Gasteiger partial charge in [-0.1, -0.05) is 38.2 Å². The van der Waals surface area contributed by atoms with E-state index in [4.69, 9.17) is 9.47 Å². The molecule has 30 heavy (non-hydrogen) atoms. The molecular weight excluding hydrogens is 380 g/mol. The first-order chi connectivity index (χ1) is 14.7. The fourth-order valence-corrected chi connectivity index (χ4v) is 5.05. The molecule has 2 heterocycles. The number of methoxy groups -OCH3 is 2. The maximum Gasteiger partial charge on any atom is 0.278 e. The van der Waals surface area contributed by atoms with E-state index in [1.165, 1.54) is 19.3 Å². The zero-order valence-electron chi connectivity index (χ0n) is 18.1. The molecule has 1 aromatic carbocycles. The molecule has 2 fully saturated rings. The lowest BCUT2D eigenvalue weighted by atomic mass is 9.95. The monoisotopic (exact) mass is 412 g/mol. The van der Waals surface area contributed by atoms with Gasteiger partial charge in [0.2, 0.25) is 0 Å². The van der Waals surface area contributed by atoms with Crippen molar-refractivity contribution in [2.75, 3.05) is 27.3 Å². The van der Waals surface area contributed by atoms with E-state index < -0.39 is 0 Å². The van der Waals surface area contributed by atoms with Crippen molar-refractivity contribution >= 4 is 17.4 Å². The van der Waals surface area contributed by atoms with Gasteiger partial charge in [0.1, 0.15) is 5.70 Å². The van der Waals surface area contributed by atoms with E-state index in [0.29, 0.717) is 22.8 Å². The Balaban J connectivity index is 1.74. The molecule has 0 spiro atoms. The fourth-order valence-electron chi connectivity index (χ4n) is 5.05. The van der Waals surface area contributed by atoms with E-state index >= 15 is 0 Å². The second-order valence-corrected chi connectivity index (χ2v) is 8.47. The molecule has 2 aliphatic heterocycles. The van der Waals surface area contributed by atoms with E-state index in [1.54, 1.807) is 25.2 Å². The van der Waals surface area contributed by atoms with Gasteiger partial charge < -0.3 is 14.4 Å². The number of imide groups is 1. The van der Waals surface area contributed by atoms with Gasteiger partial charge in [0.25, 0.3) is 11.8 Å². The number of carbonyl (C=O) groups excluding carboxylic acids is 2. The average Bonchev–Trinajstić information content (AvgIpc) is 3.34. The number of hydrogen-bond donors (Lipinski definition) is 0. The van der Waals surface area contributed by atoms with Crippen molar-refractivity contribution in [2.24, 2.45) is 0 Å². The van der Waals surface area contributed by atoms with E-state index in [-0.39, 0.29) is 17.9 Å². The molecule has 1 aliphatic carbocycles. The van der Waals surface area contributed by atoms with Crippen molar-refractivity contribution in [3.63, 3.8) is 0 Å². The minimum Gasteiger partial charge on any atom is -0.493 e. The summed E-state index contributed by atoms with van der Waals surface area (Å²) in [6.07, 6.45) is 9.68. The smallest absolute Gasteiger partial charge is 0.278 e. The van der Waals surface area contributed by atoms with Crippen LogP contribution in [-0.4, -0.2) is 55.0 Å². The van der Waals surface area contributed by atoms with Crippen molar-refractivity contribution < 1.29 is 19.1 Å². The Labute approximate surface area is 178 Å². The van der Waals surface area contributed by atoms with Crippen molar-refractivity contribution in [3.8, 4) is 11.5 Å². The topological polar surface area (TPSA) is 59.1 Å². The second-order valence-electron chi connectivity index (χ2n) is 8.47. The first-order valence-corrected chi connectivity index (χ1v) is 11.2. The largest absolute Gasteiger partial charge is 0.493 e. The van der Waals surface area contributed by atoms with Crippen molar-refractivity contribution in [1.82, 2.24) is 9.80 Å². The predicted molar refractivity (Wildman–Crippen MR) is 115 cm³/mol. The lowest BCUT2D eigenvalue weighted by Gasteiger charge is -2.29. The average molecular weight is 413 g/mol. The summed E-state index contributed by atoms with van der Waals surface area (Å²) in [6.45, 7) is 1.65. The maximum absolute atomic E-state index is 13.7. The van der Waals surface area contributed by atoms with Gasteiger partial charge in [-0.25, -0.2) is 0 Å². The number of hydrogen-bond acceptors (Lipinski definition) is 5. The summed E-state index contributed by atoms with van der Waals surface area (Å²) in [5.74, 6) is 0.906. The number of rotatable bonds is 5. The molecule has 3 aliphatic rings. The fraction of sp³-hybridized carbons (Fsp3) is 0.583. The molecule has 4 rings (SSSR count). The molecule has 0 atom stereocenters. The highest BCUT2D eigenvalue weighted by molar-refractivity contribution is 6.35. The Bertz CT molecular complexity index is 834. The van der Waals surface area contributed by atoms with Crippen LogP contribution in [0.3, 0.4) is 0 Å². The third kappa shape index (κ3) is 3.80. The molecular formula is C24H32N2O4. The number of nitrogens with zero attached hydrogens (tertiary/aromatic N) is 2. The third-order valence-electron chi connectivity index (χ3n) is 6.63. The molecule has 162 valence electrons. The molecule has 0 bridgehead atoms. The molecule has 0 unspecified atom stereocenters. The summed E-state index contributed by atoms with van der Waals surface area (Å²) in [4.78, 5) is 31.0. The second kappa shape index (κ2) is 9.11. The van der Waals surface area contributed by atoms with Crippen LogP contribution < -0.4 is 9.47 Å². The Kier molecular flexibility index (Phi) is 6.30. The molecule has 0 N–H and O–H groups in total. The van der Waals surface area contributed by atoms with Gasteiger partial charge in [-0.2, -0.15) is 0 Å². The van der Waals surface area contributed by atoms with Gasteiger partial charge in [-0.15, -0.1) is 0 Å². The summed E-state index contributed by atoms with van der Waals surface area (Å²) in [7, 11) is 3.17. The lowest BCUT2D eigenvalue weighted by Crippen LogP contribution is -2.42. The molecule has 0 radical (unpaired) electrons. The van der Waals surface area contributed by atoms with Crippen LogP contribution in [0.5, 0.6) is 11.5 Å². The molecule has 1 saturated heterocycles. The summed E-state index contributed by atoms with van der Waals surface area (Å²) in [5, 5.41) is 0. The van der Waals surface area contributed by atoms with Crippen LogP contribution in [0.4, 0.5) is 0 Å². The minimum absolute atomic E-state index is 0.000506. The van der Waals surface area contributed by atoms with Crippen molar-refractivity contribution in [3.05, 3.63) is 29.5 Å². The number of benzene rings is 1.